The molecule has 12 heteroatoms. The van der Waals surface area contributed by atoms with Crippen molar-refractivity contribution in [2.24, 2.45) is 4.99 Å². The molecule has 4 aromatic heterocycles. The number of fused-ring (bicyclic) bond motifs is 1. The molecule has 1 aliphatic rings. The molecule has 1 unspecified atom stereocenters. The van der Waals surface area contributed by atoms with E-state index in [0.29, 0.717) is 46.9 Å². The van der Waals surface area contributed by atoms with Crippen LogP contribution in [0.3, 0.4) is 0 Å². The number of nitrogens with two attached hydrogens (primary N) is 1. The Bertz CT molecular complexity index is 1750. The van der Waals surface area contributed by atoms with Crippen LogP contribution in [0.4, 0.5) is 19.0 Å². The van der Waals surface area contributed by atoms with E-state index < -0.39 is 18.6 Å². The fourth-order valence-corrected chi connectivity index (χ4v) is 5.86. The SMILES string of the molecule is Cc1cc(C)c(C=NC(=O)c2cc3c(-c4ccc(N)nc4)ccn3c(C(C)N3CCN(CC(F)(F)F)CC3)c2C)c(=O)[nH]1. The molecule has 5 rings (SSSR count). The van der Waals surface area contributed by atoms with E-state index in [1.54, 1.807) is 32.2 Å². The minimum absolute atomic E-state index is 0.223. The molecular weight excluding hydrogens is 559 g/mol. The van der Waals surface area contributed by atoms with E-state index in [0.717, 1.165) is 22.3 Å². The van der Waals surface area contributed by atoms with E-state index in [1.165, 1.54) is 11.1 Å². The number of hydrogen-bond donors (Lipinski definition) is 2. The molecule has 1 saturated heterocycles. The molecule has 0 saturated carbocycles. The average molecular weight is 594 g/mol. The summed E-state index contributed by atoms with van der Waals surface area (Å²) in [5.74, 6) is -0.126. The number of aromatic nitrogens is 3. The van der Waals surface area contributed by atoms with Crippen LogP contribution in [0.5, 0.6) is 0 Å². The highest BCUT2D eigenvalue weighted by molar-refractivity contribution is 6.04. The summed E-state index contributed by atoms with van der Waals surface area (Å²) in [6, 6.07) is 8.86. The fraction of sp³-hybridized carbons (Fsp3) is 0.355. The molecular formula is C31H34F3N7O2. The summed E-state index contributed by atoms with van der Waals surface area (Å²) in [7, 11) is 0. The predicted octanol–water partition coefficient (Wildman–Crippen LogP) is 4.70. The molecule has 0 bridgehead atoms. The summed E-state index contributed by atoms with van der Waals surface area (Å²) in [6.07, 6.45) is 0.643. The van der Waals surface area contributed by atoms with Crippen molar-refractivity contribution in [2.45, 2.75) is 39.9 Å². The lowest BCUT2D eigenvalue weighted by Crippen LogP contribution is -2.49. The van der Waals surface area contributed by atoms with E-state index in [-0.39, 0.29) is 24.7 Å². The number of carbonyl (C=O) groups excluding carboxylic acids is 1. The number of aryl methyl sites for hydroxylation is 2. The van der Waals surface area contributed by atoms with E-state index >= 15 is 0 Å². The summed E-state index contributed by atoms with van der Waals surface area (Å²) in [5.41, 5.74) is 11.5. The minimum atomic E-state index is -4.24. The van der Waals surface area contributed by atoms with Crippen LogP contribution < -0.4 is 11.3 Å². The zero-order valence-corrected chi connectivity index (χ0v) is 24.5. The normalized spacial score (nSPS) is 15.9. The van der Waals surface area contributed by atoms with Gasteiger partial charge in [0.15, 0.2) is 0 Å². The van der Waals surface area contributed by atoms with Crippen molar-refractivity contribution in [3.8, 4) is 11.1 Å². The molecule has 0 radical (unpaired) electrons. The van der Waals surface area contributed by atoms with Crippen LogP contribution in [0, 0.1) is 20.8 Å². The number of amides is 1. The summed E-state index contributed by atoms with van der Waals surface area (Å²) in [5, 5.41) is 0. The van der Waals surface area contributed by atoms with Gasteiger partial charge in [0, 0.05) is 78.9 Å². The summed E-state index contributed by atoms with van der Waals surface area (Å²) < 4.78 is 40.9. The number of carbonyl (C=O) groups is 1. The highest BCUT2D eigenvalue weighted by atomic mass is 19.4. The van der Waals surface area contributed by atoms with Gasteiger partial charge >= 0.3 is 6.18 Å². The predicted molar refractivity (Wildman–Crippen MR) is 161 cm³/mol. The average Bonchev–Trinajstić information content (AvgIpc) is 3.35. The number of hydrogen-bond acceptors (Lipinski definition) is 6. The summed E-state index contributed by atoms with van der Waals surface area (Å²) >= 11 is 0. The second-order valence-corrected chi connectivity index (χ2v) is 11.1. The number of alkyl halides is 3. The third-order valence-electron chi connectivity index (χ3n) is 8.06. The molecule has 0 aliphatic carbocycles. The minimum Gasteiger partial charge on any atom is -0.384 e. The highest BCUT2D eigenvalue weighted by Gasteiger charge is 2.34. The Morgan fingerprint density at radius 2 is 1.86 bits per heavy atom. The number of halogens is 3. The third-order valence-corrected chi connectivity index (χ3v) is 8.06. The first-order valence-electron chi connectivity index (χ1n) is 14.0. The Kier molecular flexibility index (Phi) is 8.26. The number of pyridine rings is 3. The van der Waals surface area contributed by atoms with Crippen LogP contribution in [-0.2, 0) is 0 Å². The van der Waals surface area contributed by atoms with Gasteiger partial charge in [-0.1, -0.05) is 0 Å². The van der Waals surface area contributed by atoms with Gasteiger partial charge < -0.3 is 15.1 Å². The third kappa shape index (κ3) is 6.40. The largest absolute Gasteiger partial charge is 0.401 e. The van der Waals surface area contributed by atoms with Crippen molar-refractivity contribution in [3.63, 3.8) is 0 Å². The van der Waals surface area contributed by atoms with Crippen molar-refractivity contribution in [3.05, 3.63) is 86.7 Å². The van der Waals surface area contributed by atoms with E-state index in [4.69, 9.17) is 5.73 Å². The van der Waals surface area contributed by atoms with Gasteiger partial charge in [-0.2, -0.15) is 13.2 Å². The Balaban J connectivity index is 1.56. The van der Waals surface area contributed by atoms with Crippen molar-refractivity contribution in [2.75, 3.05) is 38.5 Å². The number of rotatable bonds is 6. The molecule has 226 valence electrons. The Morgan fingerprint density at radius 1 is 1.14 bits per heavy atom. The molecule has 1 atom stereocenters. The van der Waals surface area contributed by atoms with Crippen molar-refractivity contribution in [1.29, 1.82) is 0 Å². The second-order valence-electron chi connectivity index (χ2n) is 11.1. The molecule has 1 aliphatic heterocycles. The molecule has 4 aromatic rings. The standard InChI is InChI=1S/C31H34F3N7O2/c1-18-13-19(2)38-30(43)25(18)16-37-29(42)24-14-26-23(22-5-6-27(35)36-15-22)7-8-41(26)28(20(24)3)21(4)40-11-9-39(10-12-40)17-31(32,33)34/h5-8,13-16,21H,9-12,17H2,1-4H3,(H2,35,36)(H,38,43). The van der Waals surface area contributed by atoms with Crippen molar-refractivity contribution < 1.29 is 18.0 Å². The topological polar surface area (TPSA) is 112 Å². The Morgan fingerprint density at radius 3 is 2.49 bits per heavy atom. The van der Waals surface area contributed by atoms with Gasteiger partial charge in [-0.05, 0) is 69.2 Å². The lowest BCUT2D eigenvalue weighted by atomic mass is 9.99. The van der Waals surface area contributed by atoms with Gasteiger partial charge in [-0.3, -0.25) is 19.4 Å². The molecule has 5 heterocycles. The van der Waals surface area contributed by atoms with E-state index in [1.807, 2.05) is 42.6 Å². The highest BCUT2D eigenvalue weighted by Crippen LogP contribution is 2.34. The van der Waals surface area contributed by atoms with Gasteiger partial charge in [0.25, 0.3) is 11.5 Å². The van der Waals surface area contributed by atoms with Crippen molar-refractivity contribution in [1.82, 2.24) is 24.2 Å². The van der Waals surface area contributed by atoms with Crippen LogP contribution >= 0.6 is 0 Å². The zero-order chi connectivity index (χ0) is 31.1. The molecule has 1 fully saturated rings. The molecule has 3 N–H and O–H groups in total. The Labute approximate surface area is 246 Å². The summed E-state index contributed by atoms with van der Waals surface area (Å²) in [4.78, 5) is 40.8. The van der Waals surface area contributed by atoms with Crippen LogP contribution in [0.2, 0.25) is 0 Å². The van der Waals surface area contributed by atoms with Gasteiger partial charge in [0.2, 0.25) is 0 Å². The fourth-order valence-electron chi connectivity index (χ4n) is 5.86. The molecule has 9 nitrogen and oxygen atoms in total. The number of anilines is 1. The van der Waals surface area contributed by atoms with Gasteiger partial charge in [0.1, 0.15) is 5.82 Å². The van der Waals surface area contributed by atoms with Crippen LogP contribution in [0.15, 0.2) is 52.5 Å². The smallest absolute Gasteiger partial charge is 0.384 e. The summed E-state index contributed by atoms with van der Waals surface area (Å²) in [6.45, 7) is 7.94. The van der Waals surface area contributed by atoms with Crippen molar-refractivity contribution >= 4 is 23.5 Å². The first kappa shape index (κ1) is 30.2. The maximum atomic E-state index is 13.6. The number of nitrogen functional groups attached to an aromatic ring is 1. The number of nitrogens with one attached hydrogen (secondary N) is 1. The van der Waals surface area contributed by atoms with Gasteiger partial charge in [-0.25, -0.2) is 9.98 Å². The van der Waals surface area contributed by atoms with Gasteiger partial charge in [-0.15, -0.1) is 0 Å². The quantitative estimate of drug-likeness (QED) is 0.314. The number of aromatic amines is 1. The number of H-pyrrole nitrogens is 1. The molecule has 0 spiro atoms. The first-order chi connectivity index (χ1) is 20.3. The second kappa shape index (κ2) is 11.8. The number of piperazine rings is 1. The first-order valence-corrected chi connectivity index (χ1v) is 14.0. The zero-order valence-electron chi connectivity index (χ0n) is 24.5. The maximum absolute atomic E-state index is 13.6. The van der Waals surface area contributed by atoms with Crippen LogP contribution in [0.1, 0.15) is 51.4 Å². The molecule has 43 heavy (non-hydrogen) atoms. The van der Waals surface area contributed by atoms with Crippen LogP contribution in [0.25, 0.3) is 16.6 Å². The monoisotopic (exact) mass is 593 g/mol. The molecule has 1 amide bonds. The van der Waals surface area contributed by atoms with Gasteiger partial charge in [0.05, 0.1) is 17.6 Å². The van der Waals surface area contributed by atoms with Crippen LogP contribution in [-0.4, -0.2) is 75.2 Å². The Hall–Kier alpha value is -4.29. The molecule has 0 aromatic carbocycles. The maximum Gasteiger partial charge on any atom is 0.401 e. The van der Waals surface area contributed by atoms with E-state index in [2.05, 4.69) is 19.9 Å². The number of aliphatic imine (C=N–C) groups is 1. The van der Waals surface area contributed by atoms with E-state index in [9.17, 15) is 22.8 Å². The lowest BCUT2D eigenvalue weighted by molar-refractivity contribution is -0.149. The number of nitrogens with zero attached hydrogens (tertiary/aromatic N) is 5. The lowest BCUT2D eigenvalue weighted by Gasteiger charge is -2.39.